The van der Waals surface area contributed by atoms with Crippen molar-refractivity contribution in [3.8, 4) is 5.75 Å². The van der Waals surface area contributed by atoms with Crippen molar-refractivity contribution in [2.45, 2.75) is 0 Å². The van der Waals surface area contributed by atoms with Gasteiger partial charge in [0.2, 0.25) is 0 Å². The molecule has 41 heavy (non-hydrogen) atoms. The average molecular weight is 631 g/mol. The van der Waals surface area contributed by atoms with Crippen LogP contribution in [0.2, 0.25) is 5.02 Å². The number of amides is 5. The number of nitrogens with zero attached hydrogens (tertiary/aromatic N) is 2. The van der Waals surface area contributed by atoms with Gasteiger partial charge < -0.3 is 10.1 Å². The van der Waals surface area contributed by atoms with Gasteiger partial charge in [0.15, 0.2) is 6.61 Å². The van der Waals surface area contributed by atoms with Gasteiger partial charge in [0.25, 0.3) is 17.7 Å². The molecule has 1 N–H and O–H groups in total. The zero-order valence-electron chi connectivity index (χ0n) is 21.3. The molecule has 0 aromatic heterocycles. The maximum atomic E-state index is 13.7. The van der Waals surface area contributed by atoms with Crippen LogP contribution in [0, 0.1) is 0 Å². The monoisotopic (exact) mass is 629 g/mol. The molecule has 10 heteroatoms. The highest BCUT2D eigenvalue weighted by atomic mass is 79.9. The van der Waals surface area contributed by atoms with Gasteiger partial charge in [0.1, 0.15) is 11.3 Å². The molecule has 0 unspecified atom stereocenters. The molecule has 0 spiro atoms. The molecule has 1 aliphatic heterocycles. The minimum absolute atomic E-state index is 0.252. The summed E-state index contributed by atoms with van der Waals surface area (Å²) in [5.41, 5.74) is 1.26. The molecule has 0 radical (unpaired) electrons. The van der Waals surface area contributed by atoms with E-state index in [2.05, 4.69) is 21.2 Å². The number of para-hydroxylation sites is 2. The number of halogens is 2. The van der Waals surface area contributed by atoms with Crippen molar-refractivity contribution in [3.63, 3.8) is 0 Å². The van der Waals surface area contributed by atoms with E-state index < -0.39 is 23.8 Å². The number of ether oxygens (including phenoxy) is 1. The summed E-state index contributed by atoms with van der Waals surface area (Å²) in [5.74, 6) is -1.74. The first-order valence-electron chi connectivity index (χ1n) is 12.3. The van der Waals surface area contributed by atoms with Crippen LogP contribution in [0.4, 0.5) is 21.9 Å². The second-order valence-electron chi connectivity index (χ2n) is 8.82. The topological polar surface area (TPSA) is 96.0 Å². The summed E-state index contributed by atoms with van der Waals surface area (Å²) in [6.07, 6.45) is 1.36. The minimum atomic E-state index is -0.792. The second kappa shape index (κ2) is 12.2. The zero-order valence-corrected chi connectivity index (χ0v) is 23.6. The van der Waals surface area contributed by atoms with E-state index in [0.29, 0.717) is 32.1 Å². The first-order chi connectivity index (χ1) is 19.8. The van der Waals surface area contributed by atoms with Crippen LogP contribution in [-0.2, 0) is 14.4 Å². The molecule has 5 amide bonds. The normalized spacial score (nSPS) is 13.3. The number of hydrogen-bond donors (Lipinski definition) is 1. The number of rotatable bonds is 7. The summed E-state index contributed by atoms with van der Waals surface area (Å²) >= 11 is 9.30. The summed E-state index contributed by atoms with van der Waals surface area (Å²) in [6, 6.07) is 27.5. The van der Waals surface area contributed by atoms with Crippen molar-refractivity contribution in [2.24, 2.45) is 0 Å². The Bertz CT molecular complexity index is 1600. The highest BCUT2D eigenvalue weighted by Crippen LogP contribution is 2.32. The van der Waals surface area contributed by atoms with Crippen LogP contribution in [-0.4, -0.2) is 30.4 Å². The smallest absolute Gasteiger partial charge is 0.343 e. The highest BCUT2D eigenvalue weighted by molar-refractivity contribution is 9.10. The van der Waals surface area contributed by atoms with Gasteiger partial charge in [-0.2, -0.15) is 0 Å². The van der Waals surface area contributed by atoms with Crippen LogP contribution in [0.5, 0.6) is 5.75 Å². The molecule has 204 valence electrons. The van der Waals surface area contributed by atoms with Crippen LogP contribution in [0.3, 0.4) is 0 Å². The van der Waals surface area contributed by atoms with Crippen molar-refractivity contribution in [2.75, 3.05) is 21.7 Å². The predicted octanol–water partition coefficient (Wildman–Crippen LogP) is 6.70. The third kappa shape index (κ3) is 6.21. The minimum Gasteiger partial charge on any atom is -0.483 e. The van der Waals surface area contributed by atoms with Crippen LogP contribution < -0.4 is 19.9 Å². The van der Waals surface area contributed by atoms with E-state index in [4.69, 9.17) is 16.3 Å². The Balaban J connectivity index is 1.49. The Morgan fingerprint density at radius 3 is 1.93 bits per heavy atom. The molecule has 0 saturated carbocycles. The third-order valence-electron chi connectivity index (χ3n) is 6.04. The van der Waals surface area contributed by atoms with Gasteiger partial charge in [0.05, 0.1) is 11.4 Å². The van der Waals surface area contributed by atoms with E-state index in [9.17, 15) is 19.2 Å². The molecule has 4 aromatic rings. The number of nitrogens with one attached hydrogen (secondary N) is 1. The molecule has 0 aliphatic carbocycles. The summed E-state index contributed by atoms with van der Waals surface area (Å²) in [7, 11) is 0. The van der Waals surface area contributed by atoms with Crippen LogP contribution >= 0.6 is 27.5 Å². The number of urea groups is 1. The van der Waals surface area contributed by atoms with E-state index in [0.717, 1.165) is 9.80 Å². The lowest BCUT2D eigenvalue weighted by Crippen LogP contribution is -2.57. The van der Waals surface area contributed by atoms with E-state index in [1.54, 1.807) is 103 Å². The third-order valence-corrected chi connectivity index (χ3v) is 6.78. The van der Waals surface area contributed by atoms with Gasteiger partial charge in [-0.05, 0) is 72.8 Å². The molecule has 8 nitrogen and oxygen atoms in total. The molecule has 0 atom stereocenters. The lowest BCUT2D eigenvalue weighted by Gasteiger charge is -2.34. The van der Waals surface area contributed by atoms with E-state index in [1.807, 2.05) is 0 Å². The average Bonchev–Trinajstić information content (AvgIpc) is 2.97. The molecular weight excluding hydrogens is 610 g/mol. The van der Waals surface area contributed by atoms with Crippen molar-refractivity contribution in [1.82, 2.24) is 0 Å². The summed E-state index contributed by atoms with van der Waals surface area (Å²) < 4.78 is 6.43. The first kappa shape index (κ1) is 27.8. The Labute approximate surface area is 248 Å². The number of imide groups is 2. The molecule has 1 fully saturated rings. The predicted molar refractivity (Wildman–Crippen MR) is 161 cm³/mol. The largest absolute Gasteiger partial charge is 0.483 e. The summed E-state index contributed by atoms with van der Waals surface area (Å²) in [4.78, 5) is 55.3. The molecular formula is C31H21BrClN3O5. The Morgan fingerprint density at radius 1 is 0.805 bits per heavy atom. The van der Waals surface area contributed by atoms with Gasteiger partial charge in [-0.1, -0.05) is 63.9 Å². The molecule has 0 bridgehead atoms. The number of anilines is 3. The number of hydrogen-bond acceptors (Lipinski definition) is 5. The lowest BCUT2D eigenvalue weighted by molar-refractivity contribution is -0.121. The van der Waals surface area contributed by atoms with E-state index in [-0.39, 0.29) is 17.9 Å². The first-order valence-corrected chi connectivity index (χ1v) is 13.5. The fourth-order valence-corrected chi connectivity index (χ4v) is 4.64. The highest BCUT2D eigenvalue weighted by Gasteiger charge is 2.43. The number of carbonyl (C=O) groups excluding carboxylic acids is 4. The molecule has 4 aromatic carbocycles. The maximum Gasteiger partial charge on any atom is 0.343 e. The van der Waals surface area contributed by atoms with Crippen molar-refractivity contribution in [3.05, 3.63) is 124 Å². The molecule has 1 heterocycles. The Morgan fingerprint density at radius 2 is 1.37 bits per heavy atom. The lowest BCUT2D eigenvalue weighted by atomic mass is 10.0. The summed E-state index contributed by atoms with van der Waals surface area (Å²) in [5, 5.41) is 3.25. The SMILES string of the molecule is O=C(COc1ccc(Br)cc1C=C1C(=O)N(c2ccccc2)C(=O)N(c2ccccc2)C1=O)Nc1ccc(Cl)cc1. The van der Waals surface area contributed by atoms with Gasteiger partial charge in [-0.25, -0.2) is 14.6 Å². The van der Waals surface area contributed by atoms with E-state index in [1.165, 1.54) is 6.08 Å². The van der Waals surface area contributed by atoms with Crippen LogP contribution in [0.25, 0.3) is 6.08 Å². The van der Waals surface area contributed by atoms with Gasteiger partial charge >= 0.3 is 6.03 Å². The van der Waals surface area contributed by atoms with Crippen molar-refractivity contribution < 1.29 is 23.9 Å². The van der Waals surface area contributed by atoms with Crippen LogP contribution in [0.1, 0.15) is 5.56 Å². The quantitative estimate of drug-likeness (QED) is 0.181. The number of benzene rings is 4. The standard InChI is InChI=1S/C31H21BrClN3O5/c32-21-11-16-27(41-19-28(37)34-23-14-12-22(33)13-15-23)20(17-21)18-26-29(38)35(24-7-3-1-4-8-24)31(40)36(30(26)39)25-9-5-2-6-10-25/h1-18H,19H2,(H,34,37). The zero-order chi connectivity index (χ0) is 28.9. The van der Waals surface area contributed by atoms with Gasteiger partial charge in [-0.3, -0.25) is 14.4 Å². The van der Waals surface area contributed by atoms with E-state index >= 15 is 0 Å². The summed E-state index contributed by atoms with van der Waals surface area (Å²) in [6.45, 7) is -0.340. The molecule has 5 rings (SSSR count). The number of carbonyl (C=O) groups is 4. The Hall–Kier alpha value is -4.73. The maximum absolute atomic E-state index is 13.7. The van der Waals surface area contributed by atoms with Gasteiger partial charge in [-0.15, -0.1) is 0 Å². The van der Waals surface area contributed by atoms with Crippen LogP contribution in [0.15, 0.2) is 113 Å². The van der Waals surface area contributed by atoms with Crippen molar-refractivity contribution in [1.29, 1.82) is 0 Å². The number of barbiturate groups is 1. The fourth-order valence-electron chi connectivity index (χ4n) is 4.13. The Kier molecular flexibility index (Phi) is 8.28. The fraction of sp³-hybridized carbons (Fsp3) is 0.0323. The molecule has 1 saturated heterocycles. The molecule has 1 aliphatic rings. The van der Waals surface area contributed by atoms with Crippen molar-refractivity contribution >= 4 is 74.4 Å². The second-order valence-corrected chi connectivity index (χ2v) is 10.2. The van der Waals surface area contributed by atoms with Gasteiger partial charge in [0, 0.05) is 20.7 Å².